The lowest BCUT2D eigenvalue weighted by atomic mass is 10.5. The van der Waals surface area contributed by atoms with E-state index >= 15 is 0 Å². The first kappa shape index (κ1) is 16.5. The summed E-state index contributed by atoms with van der Waals surface area (Å²) < 4.78 is 14.0. The van der Waals surface area contributed by atoms with E-state index < -0.39 is 12.2 Å². The zero-order valence-corrected chi connectivity index (χ0v) is 10.5. The minimum atomic E-state index is -0.865. The van der Waals surface area contributed by atoms with Gasteiger partial charge in [0.05, 0.1) is 12.6 Å². The zero-order chi connectivity index (χ0) is 14.5. The number of amides is 1. The molecule has 0 saturated heterocycles. The average Bonchev–Trinajstić information content (AvgIpc) is 2.41. The normalized spacial score (nSPS) is 8.79. The smallest absolute Gasteiger partial charge is 0.445 e. The number of nitrogens with zero attached hydrogens (tertiary/aromatic N) is 2. The van der Waals surface area contributed by atoms with Gasteiger partial charge in [-0.3, -0.25) is 4.90 Å². The van der Waals surface area contributed by atoms with Gasteiger partial charge in [-0.05, 0) is 0 Å². The number of hydrogen-bond donors (Lipinski definition) is 0. The molecule has 0 heterocycles. The van der Waals surface area contributed by atoms with Gasteiger partial charge in [-0.1, -0.05) is 25.3 Å². The first-order valence-corrected chi connectivity index (χ1v) is 5.45. The highest BCUT2D eigenvalue weighted by molar-refractivity contribution is 5.68. The molecule has 0 aliphatic carbocycles. The van der Waals surface area contributed by atoms with Gasteiger partial charge < -0.3 is 14.2 Å². The molecule has 0 aromatic carbocycles. The Labute approximate surface area is 111 Å². The number of ether oxygens (including phenoxy) is 3. The van der Waals surface area contributed by atoms with Crippen LogP contribution < -0.4 is 0 Å². The van der Waals surface area contributed by atoms with Gasteiger partial charge in [-0.2, -0.15) is 5.26 Å². The molecule has 0 aromatic rings. The third kappa shape index (κ3) is 8.26. The molecule has 0 spiro atoms. The maximum Gasteiger partial charge on any atom is 0.508 e. The molecule has 0 aromatic heterocycles. The van der Waals surface area contributed by atoms with Crippen molar-refractivity contribution in [1.29, 1.82) is 5.26 Å². The highest BCUT2D eigenvalue weighted by atomic mass is 16.7. The molecule has 0 fully saturated rings. The first-order valence-electron chi connectivity index (χ1n) is 5.45. The molecular weight excluding hydrogens is 252 g/mol. The molecule has 1 amide bonds. The van der Waals surface area contributed by atoms with Crippen molar-refractivity contribution in [3.8, 4) is 6.07 Å². The second-order valence-electron chi connectivity index (χ2n) is 3.14. The molecule has 0 atom stereocenters. The number of carbonyl (C=O) groups is 2. The lowest BCUT2D eigenvalue weighted by Gasteiger charge is -2.18. The maximum atomic E-state index is 11.5. The van der Waals surface area contributed by atoms with E-state index in [0.29, 0.717) is 0 Å². The molecule has 0 aliphatic rings. The van der Waals surface area contributed by atoms with E-state index in [2.05, 4.69) is 22.6 Å². The maximum absolute atomic E-state index is 11.5. The van der Waals surface area contributed by atoms with Crippen LogP contribution in [0.15, 0.2) is 25.3 Å². The van der Waals surface area contributed by atoms with Crippen LogP contribution in [0.5, 0.6) is 0 Å². The molecule has 0 unspecified atom stereocenters. The third-order valence-electron chi connectivity index (χ3n) is 1.74. The van der Waals surface area contributed by atoms with Crippen molar-refractivity contribution < 1.29 is 23.8 Å². The summed E-state index contributed by atoms with van der Waals surface area (Å²) in [5, 5.41) is 8.57. The second kappa shape index (κ2) is 10.7. The molecule has 0 rings (SSSR count). The van der Waals surface area contributed by atoms with Gasteiger partial charge in [-0.25, -0.2) is 9.59 Å². The largest absolute Gasteiger partial charge is 0.508 e. The van der Waals surface area contributed by atoms with Gasteiger partial charge in [0.25, 0.3) is 0 Å². The van der Waals surface area contributed by atoms with Crippen molar-refractivity contribution in [2.45, 2.75) is 0 Å². The number of rotatable bonds is 8. The van der Waals surface area contributed by atoms with E-state index in [1.54, 1.807) is 0 Å². The molecule has 7 nitrogen and oxygen atoms in total. The van der Waals surface area contributed by atoms with E-state index in [9.17, 15) is 9.59 Å². The Morgan fingerprint density at radius 3 is 2.37 bits per heavy atom. The van der Waals surface area contributed by atoms with Crippen LogP contribution in [0, 0.1) is 11.3 Å². The highest BCUT2D eigenvalue weighted by Gasteiger charge is 2.15. The van der Waals surface area contributed by atoms with Gasteiger partial charge in [-0.15, -0.1) is 0 Å². The predicted octanol–water partition coefficient (Wildman–Crippen LogP) is 1.47. The quantitative estimate of drug-likeness (QED) is 0.376. The predicted molar refractivity (Wildman–Crippen MR) is 66.2 cm³/mol. The van der Waals surface area contributed by atoms with Crippen molar-refractivity contribution in [2.24, 2.45) is 0 Å². The Kier molecular flexibility index (Phi) is 9.25. The summed E-state index contributed by atoms with van der Waals surface area (Å²) in [6.07, 6.45) is 1.27. The minimum absolute atomic E-state index is 0.0344. The second-order valence-corrected chi connectivity index (χ2v) is 3.14. The molecular formula is C12H16N2O5. The lowest BCUT2D eigenvalue weighted by molar-refractivity contribution is 0.0530. The van der Waals surface area contributed by atoms with Crippen LogP contribution in [0.4, 0.5) is 9.59 Å². The van der Waals surface area contributed by atoms with E-state index in [0.717, 1.165) is 4.90 Å². The van der Waals surface area contributed by atoms with E-state index in [1.165, 1.54) is 12.2 Å². The summed E-state index contributed by atoms with van der Waals surface area (Å²) in [6, 6.07) is 1.81. The fraction of sp³-hybridized carbons (Fsp3) is 0.417. The highest BCUT2D eigenvalue weighted by Crippen LogP contribution is 1.95. The van der Waals surface area contributed by atoms with Crippen LogP contribution >= 0.6 is 0 Å². The molecule has 0 aliphatic heterocycles. The van der Waals surface area contributed by atoms with Crippen molar-refractivity contribution in [2.75, 3.05) is 32.9 Å². The van der Waals surface area contributed by atoms with Gasteiger partial charge in [0.1, 0.15) is 26.4 Å². The van der Waals surface area contributed by atoms with E-state index in [4.69, 9.17) is 10.00 Å². The average molecular weight is 268 g/mol. The fourth-order valence-electron chi connectivity index (χ4n) is 0.950. The van der Waals surface area contributed by atoms with Crippen LogP contribution in [0.25, 0.3) is 0 Å². The summed E-state index contributed by atoms with van der Waals surface area (Å²) in [5.41, 5.74) is 0. The lowest BCUT2D eigenvalue weighted by Crippen LogP contribution is -2.35. The SMILES string of the molecule is C=CCOC(=O)OCCN(CC#N)C(=O)OCC=C. The summed E-state index contributed by atoms with van der Waals surface area (Å²) in [5.74, 6) is 0. The van der Waals surface area contributed by atoms with Crippen molar-refractivity contribution in [1.82, 2.24) is 4.90 Å². The van der Waals surface area contributed by atoms with Crippen molar-refractivity contribution in [3.63, 3.8) is 0 Å². The molecule has 104 valence electrons. The summed E-state index contributed by atoms with van der Waals surface area (Å²) >= 11 is 0. The molecule has 0 N–H and O–H groups in total. The number of carbonyl (C=O) groups excluding carboxylic acids is 2. The van der Waals surface area contributed by atoms with E-state index in [1.807, 2.05) is 6.07 Å². The van der Waals surface area contributed by atoms with Gasteiger partial charge >= 0.3 is 12.2 Å². The Balaban J connectivity index is 4.03. The number of hydrogen-bond acceptors (Lipinski definition) is 6. The zero-order valence-electron chi connectivity index (χ0n) is 10.5. The van der Waals surface area contributed by atoms with Crippen LogP contribution in [0.3, 0.4) is 0 Å². The van der Waals surface area contributed by atoms with Crippen molar-refractivity contribution >= 4 is 12.2 Å². The van der Waals surface area contributed by atoms with Gasteiger partial charge in [0, 0.05) is 0 Å². The Hall–Kier alpha value is -2.49. The van der Waals surface area contributed by atoms with Crippen LogP contribution in [-0.2, 0) is 14.2 Å². The standard InChI is InChI=1S/C12H16N2O5/c1-3-8-17-11(15)14(6-5-13)7-10-19-12(16)18-9-4-2/h3-4H,1-2,6-10H2. The Bertz CT molecular complexity index is 362. The van der Waals surface area contributed by atoms with E-state index in [-0.39, 0.29) is 32.9 Å². The summed E-state index contributed by atoms with van der Waals surface area (Å²) in [6.45, 7) is 6.63. The first-order chi connectivity index (χ1) is 9.15. The van der Waals surface area contributed by atoms with Crippen LogP contribution in [-0.4, -0.2) is 50.1 Å². The third-order valence-corrected chi connectivity index (χ3v) is 1.74. The molecule has 0 saturated carbocycles. The Morgan fingerprint density at radius 1 is 1.16 bits per heavy atom. The topological polar surface area (TPSA) is 88.9 Å². The van der Waals surface area contributed by atoms with Gasteiger partial charge in [0.15, 0.2) is 0 Å². The van der Waals surface area contributed by atoms with Gasteiger partial charge in [0.2, 0.25) is 0 Å². The molecule has 0 bridgehead atoms. The van der Waals surface area contributed by atoms with Crippen LogP contribution in [0.1, 0.15) is 0 Å². The van der Waals surface area contributed by atoms with Crippen molar-refractivity contribution in [3.05, 3.63) is 25.3 Å². The molecule has 19 heavy (non-hydrogen) atoms. The Morgan fingerprint density at radius 2 is 1.79 bits per heavy atom. The molecule has 0 radical (unpaired) electrons. The number of nitriles is 1. The monoisotopic (exact) mass is 268 g/mol. The fourth-order valence-corrected chi connectivity index (χ4v) is 0.950. The summed E-state index contributed by atoms with van der Waals surface area (Å²) in [7, 11) is 0. The summed E-state index contributed by atoms with van der Waals surface area (Å²) in [4.78, 5) is 23.5. The van der Waals surface area contributed by atoms with Crippen LogP contribution in [0.2, 0.25) is 0 Å². The minimum Gasteiger partial charge on any atom is -0.445 e. The molecule has 7 heteroatoms.